The average molecular weight is 132 g/mol. The maximum Gasteiger partial charge on any atom is 0.225 e. The van der Waals surface area contributed by atoms with Crippen LogP contribution in [0.1, 0.15) is 0 Å². The molecule has 1 saturated heterocycles. The zero-order chi connectivity index (χ0) is 6.15. The van der Waals surface area contributed by atoms with Crippen molar-refractivity contribution in [2.75, 3.05) is 5.75 Å². The molecular formula is C4H4O3S. The Kier molecular flexibility index (Phi) is 1.35. The number of carbonyl (C=O) groups is 2. The molecule has 1 atom stereocenters. The minimum absolute atomic E-state index is 0.139. The summed E-state index contributed by atoms with van der Waals surface area (Å²) in [6.45, 7) is 0. The van der Waals surface area contributed by atoms with Crippen LogP contribution < -0.4 is 0 Å². The van der Waals surface area contributed by atoms with E-state index in [1.807, 2.05) is 0 Å². The fraction of sp³-hybridized carbons (Fsp3) is 0.500. The lowest BCUT2D eigenvalue weighted by Gasteiger charge is -1.88. The summed E-state index contributed by atoms with van der Waals surface area (Å²) in [5, 5.41) is 8.12. The SMILES string of the molecule is O=C1CSC(=O)C1O. The molecule has 0 saturated carbocycles. The van der Waals surface area contributed by atoms with Gasteiger partial charge in [-0.25, -0.2) is 0 Å². The smallest absolute Gasteiger partial charge is 0.225 e. The Hall–Kier alpha value is -0.350. The van der Waals surface area contributed by atoms with E-state index >= 15 is 0 Å². The lowest BCUT2D eigenvalue weighted by atomic mass is 10.3. The molecule has 1 aliphatic rings. The van der Waals surface area contributed by atoms with Gasteiger partial charge in [0.15, 0.2) is 11.9 Å². The van der Waals surface area contributed by atoms with Gasteiger partial charge >= 0.3 is 0 Å². The molecule has 0 aromatic heterocycles. The monoisotopic (exact) mass is 132 g/mol. The van der Waals surface area contributed by atoms with Crippen LogP contribution in [-0.2, 0) is 9.59 Å². The molecule has 0 spiro atoms. The third-order valence-corrected chi connectivity index (χ3v) is 1.82. The van der Waals surface area contributed by atoms with Crippen molar-refractivity contribution in [3.8, 4) is 0 Å². The largest absolute Gasteiger partial charge is 0.377 e. The Bertz CT molecular complexity index is 126. The van der Waals surface area contributed by atoms with Crippen LogP contribution in [0.15, 0.2) is 0 Å². The maximum atomic E-state index is 10.3. The Morgan fingerprint density at radius 1 is 1.62 bits per heavy atom. The van der Waals surface area contributed by atoms with Crippen LogP contribution in [0, 0.1) is 0 Å². The molecule has 0 radical (unpaired) electrons. The highest BCUT2D eigenvalue weighted by Gasteiger charge is 2.31. The fourth-order valence-electron chi connectivity index (χ4n) is 0.432. The summed E-state index contributed by atoms with van der Waals surface area (Å²) in [5.41, 5.74) is 0. The molecule has 1 rings (SSSR count). The van der Waals surface area contributed by atoms with Crippen molar-refractivity contribution >= 4 is 22.7 Å². The number of hydrogen-bond acceptors (Lipinski definition) is 4. The fourth-order valence-corrected chi connectivity index (χ4v) is 1.16. The molecule has 1 fully saturated rings. The van der Waals surface area contributed by atoms with Crippen molar-refractivity contribution in [3.63, 3.8) is 0 Å². The molecule has 0 bridgehead atoms. The van der Waals surface area contributed by atoms with Crippen molar-refractivity contribution in [1.82, 2.24) is 0 Å². The molecule has 1 heterocycles. The second-order valence-electron chi connectivity index (χ2n) is 1.48. The predicted octanol–water partition coefficient (Wildman–Crippen LogP) is -0.810. The van der Waals surface area contributed by atoms with Gasteiger partial charge in [-0.15, -0.1) is 0 Å². The van der Waals surface area contributed by atoms with Crippen molar-refractivity contribution < 1.29 is 14.7 Å². The van der Waals surface area contributed by atoms with Gasteiger partial charge in [-0.05, 0) is 0 Å². The Labute approximate surface area is 50.1 Å². The number of aliphatic hydroxyl groups excluding tert-OH is 1. The van der Waals surface area contributed by atoms with Crippen molar-refractivity contribution in [3.05, 3.63) is 0 Å². The van der Waals surface area contributed by atoms with E-state index in [-0.39, 0.29) is 11.5 Å². The molecule has 0 aromatic rings. The van der Waals surface area contributed by atoms with Crippen LogP contribution in [0.5, 0.6) is 0 Å². The predicted molar refractivity (Wildman–Crippen MR) is 28.5 cm³/mol. The second-order valence-corrected chi connectivity index (χ2v) is 2.46. The highest BCUT2D eigenvalue weighted by Crippen LogP contribution is 2.15. The molecule has 44 valence electrons. The summed E-state index contributed by atoms with van der Waals surface area (Å²) >= 11 is 0.875. The minimum Gasteiger partial charge on any atom is -0.377 e. The number of Topliss-reactive ketones (excluding diaryl/α,β-unsaturated/α-hetero) is 1. The quantitative estimate of drug-likeness (QED) is 0.438. The van der Waals surface area contributed by atoms with E-state index in [4.69, 9.17) is 5.11 Å². The lowest BCUT2D eigenvalue weighted by molar-refractivity contribution is -0.130. The molecule has 3 nitrogen and oxygen atoms in total. The lowest BCUT2D eigenvalue weighted by Crippen LogP contribution is -2.20. The molecule has 8 heavy (non-hydrogen) atoms. The second kappa shape index (κ2) is 1.87. The van der Waals surface area contributed by atoms with E-state index in [0.717, 1.165) is 11.8 Å². The first-order valence-electron chi connectivity index (χ1n) is 2.09. The maximum absolute atomic E-state index is 10.3. The summed E-state index contributed by atoms with van der Waals surface area (Å²) in [7, 11) is 0. The Morgan fingerprint density at radius 2 is 2.25 bits per heavy atom. The molecule has 4 heteroatoms. The van der Waals surface area contributed by atoms with E-state index in [1.165, 1.54) is 0 Å². The molecule has 0 aliphatic carbocycles. The first-order valence-corrected chi connectivity index (χ1v) is 3.08. The molecule has 1 aliphatic heterocycles. The van der Waals surface area contributed by atoms with Gasteiger partial charge in [0.05, 0.1) is 5.75 Å². The average Bonchev–Trinajstić information content (AvgIpc) is 1.98. The van der Waals surface area contributed by atoms with E-state index in [9.17, 15) is 9.59 Å². The van der Waals surface area contributed by atoms with Crippen LogP contribution in [0.4, 0.5) is 0 Å². The number of carbonyl (C=O) groups excluding carboxylic acids is 2. The third kappa shape index (κ3) is 0.763. The van der Waals surface area contributed by atoms with Crippen LogP contribution in [-0.4, -0.2) is 27.9 Å². The van der Waals surface area contributed by atoms with E-state index in [1.54, 1.807) is 0 Å². The van der Waals surface area contributed by atoms with Gasteiger partial charge in [0.25, 0.3) is 0 Å². The molecular weight excluding hydrogens is 128 g/mol. The molecule has 1 N–H and O–H groups in total. The number of hydrogen-bond donors (Lipinski definition) is 1. The number of aliphatic hydroxyl groups is 1. The van der Waals surface area contributed by atoms with Crippen LogP contribution in [0.3, 0.4) is 0 Å². The van der Waals surface area contributed by atoms with Gasteiger partial charge in [-0.2, -0.15) is 0 Å². The first kappa shape index (κ1) is 5.78. The van der Waals surface area contributed by atoms with Crippen LogP contribution >= 0.6 is 11.8 Å². The highest BCUT2D eigenvalue weighted by molar-refractivity contribution is 8.15. The topological polar surface area (TPSA) is 54.4 Å². The van der Waals surface area contributed by atoms with Gasteiger partial charge < -0.3 is 5.11 Å². The molecule has 0 aromatic carbocycles. The minimum atomic E-state index is -1.33. The normalized spacial score (nSPS) is 29.4. The third-order valence-electron chi connectivity index (χ3n) is 0.885. The zero-order valence-corrected chi connectivity index (χ0v) is 4.77. The van der Waals surface area contributed by atoms with Gasteiger partial charge in [0, 0.05) is 0 Å². The summed E-state index contributed by atoms with van der Waals surface area (Å²) in [5.74, 6) is -0.236. The standard InChI is InChI=1S/C4H4O3S/c5-2-1-8-4(7)3(2)6/h3,6H,1H2. The molecule has 0 amide bonds. The number of rotatable bonds is 0. The zero-order valence-electron chi connectivity index (χ0n) is 3.96. The van der Waals surface area contributed by atoms with E-state index in [0.29, 0.717) is 0 Å². The van der Waals surface area contributed by atoms with E-state index < -0.39 is 11.2 Å². The highest BCUT2D eigenvalue weighted by atomic mass is 32.2. The van der Waals surface area contributed by atoms with Crippen LogP contribution in [0.2, 0.25) is 0 Å². The summed E-state index contributed by atoms with van der Waals surface area (Å²) in [4.78, 5) is 20.6. The number of ketones is 1. The van der Waals surface area contributed by atoms with Gasteiger partial charge in [-0.3, -0.25) is 9.59 Å². The summed E-state index contributed by atoms with van der Waals surface area (Å²) < 4.78 is 0. The summed E-state index contributed by atoms with van der Waals surface area (Å²) in [6, 6.07) is 0. The van der Waals surface area contributed by atoms with E-state index in [2.05, 4.69) is 0 Å². The summed E-state index contributed by atoms with van der Waals surface area (Å²) in [6.07, 6.45) is -1.33. The van der Waals surface area contributed by atoms with Gasteiger partial charge in [0.1, 0.15) is 0 Å². The van der Waals surface area contributed by atoms with Gasteiger partial charge in [-0.1, -0.05) is 11.8 Å². The van der Waals surface area contributed by atoms with Crippen molar-refractivity contribution in [2.45, 2.75) is 6.10 Å². The van der Waals surface area contributed by atoms with Crippen molar-refractivity contribution in [2.24, 2.45) is 0 Å². The first-order chi connectivity index (χ1) is 3.72. The van der Waals surface area contributed by atoms with Gasteiger partial charge in [0.2, 0.25) is 5.12 Å². The van der Waals surface area contributed by atoms with Crippen LogP contribution in [0.25, 0.3) is 0 Å². The number of thioether (sulfide) groups is 1. The van der Waals surface area contributed by atoms with Crippen molar-refractivity contribution in [1.29, 1.82) is 0 Å². The molecule has 1 unspecified atom stereocenters. The Balaban J connectivity index is 2.70. The Morgan fingerprint density at radius 3 is 2.38 bits per heavy atom.